The number of furan rings is 1. The fourth-order valence-corrected chi connectivity index (χ4v) is 1.94. The fraction of sp³-hybridized carbons (Fsp3) is 0.312. The van der Waals surface area contributed by atoms with Crippen LogP contribution in [0.15, 0.2) is 41.0 Å². The normalized spacial score (nSPS) is 10.1. The maximum Gasteiger partial charge on any atom is 0.222 e. The highest BCUT2D eigenvalue weighted by Gasteiger charge is 2.06. The van der Waals surface area contributed by atoms with Crippen LogP contribution in [0.3, 0.4) is 0 Å². The lowest BCUT2D eigenvalue weighted by Gasteiger charge is -2.12. The van der Waals surface area contributed by atoms with Gasteiger partial charge in [-0.1, -0.05) is 0 Å². The summed E-state index contributed by atoms with van der Waals surface area (Å²) in [5.74, 6) is 2.09. The van der Waals surface area contributed by atoms with Gasteiger partial charge in [-0.3, -0.25) is 4.79 Å². The topological polar surface area (TPSA) is 72.7 Å². The zero-order chi connectivity index (χ0) is 15.8. The van der Waals surface area contributed by atoms with Crippen LogP contribution in [0.1, 0.15) is 12.2 Å². The zero-order valence-electron chi connectivity index (χ0n) is 12.7. The molecule has 0 spiro atoms. The molecular weight excluding hydrogens is 284 g/mol. The van der Waals surface area contributed by atoms with Crippen LogP contribution < -0.4 is 20.1 Å². The minimum atomic E-state index is -0.0450. The van der Waals surface area contributed by atoms with Gasteiger partial charge in [-0.2, -0.15) is 0 Å². The Balaban J connectivity index is 1.77. The van der Waals surface area contributed by atoms with Crippen LogP contribution in [0.4, 0.5) is 5.69 Å². The molecule has 1 heterocycles. The lowest BCUT2D eigenvalue weighted by atomic mass is 10.2. The van der Waals surface area contributed by atoms with Gasteiger partial charge in [0.2, 0.25) is 5.91 Å². The molecule has 0 aliphatic heterocycles. The molecule has 1 aromatic carbocycles. The van der Waals surface area contributed by atoms with Crippen LogP contribution in [0.2, 0.25) is 0 Å². The fourth-order valence-electron chi connectivity index (χ4n) is 1.94. The molecule has 2 N–H and O–H groups in total. The van der Waals surface area contributed by atoms with E-state index in [1.165, 1.54) is 0 Å². The lowest BCUT2D eigenvalue weighted by molar-refractivity contribution is -0.121. The first-order valence-electron chi connectivity index (χ1n) is 6.98. The van der Waals surface area contributed by atoms with Gasteiger partial charge in [0.15, 0.2) is 0 Å². The summed E-state index contributed by atoms with van der Waals surface area (Å²) in [6.07, 6.45) is 1.94. The van der Waals surface area contributed by atoms with Crippen molar-refractivity contribution in [2.24, 2.45) is 0 Å². The van der Waals surface area contributed by atoms with E-state index in [1.807, 2.05) is 18.2 Å². The van der Waals surface area contributed by atoms with Crippen molar-refractivity contribution in [3.63, 3.8) is 0 Å². The summed E-state index contributed by atoms with van der Waals surface area (Å²) in [4.78, 5) is 11.7. The second kappa shape index (κ2) is 7.97. The molecule has 6 heteroatoms. The molecule has 0 radical (unpaired) electrons. The summed E-state index contributed by atoms with van der Waals surface area (Å²) in [6.45, 7) is 0.907. The van der Waals surface area contributed by atoms with Gasteiger partial charge >= 0.3 is 0 Å². The minimum Gasteiger partial charge on any atom is -0.497 e. The molecule has 1 aromatic heterocycles. The first-order valence-corrected chi connectivity index (χ1v) is 6.98. The SMILES string of the molecule is COc1ccc(NCCC(=O)NCc2ccco2)c(OC)c1. The van der Waals surface area contributed by atoms with Crippen molar-refractivity contribution < 1.29 is 18.7 Å². The molecule has 0 saturated carbocycles. The number of anilines is 1. The number of rotatable bonds is 8. The highest BCUT2D eigenvalue weighted by Crippen LogP contribution is 2.28. The maximum atomic E-state index is 11.7. The molecule has 0 atom stereocenters. The Morgan fingerprint density at radius 2 is 2.09 bits per heavy atom. The van der Waals surface area contributed by atoms with Crippen molar-refractivity contribution in [1.29, 1.82) is 0 Å². The van der Waals surface area contributed by atoms with Crippen LogP contribution in [-0.2, 0) is 11.3 Å². The first kappa shape index (κ1) is 15.8. The van der Waals surface area contributed by atoms with Gasteiger partial charge in [-0.05, 0) is 24.3 Å². The van der Waals surface area contributed by atoms with Crippen LogP contribution in [0.5, 0.6) is 11.5 Å². The number of hydrogen-bond acceptors (Lipinski definition) is 5. The Bertz CT molecular complexity index is 596. The number of ether oxygens (including phenoxy) is 2. The third kappa shape index (κ3) is 4.44. The van der Waals surface area contributed by atoms with E-state index in [0.29, 0.717) is 25.3 Å². The molecule has 2 rings (SSSR count). The summed E-state index contributed by atoms with van der Waals surface area (Å²) in [6, 6.07) is 9.10. The van der Waals surface area contributed by atoms with Crippen molar-refractivity contribution in [3.8, 4) is 11.5 Å². The molecule has 6 nitrogen and oxygen atoms in total. The van der Waals surface area contributed by atoms with Gasteiger partial charge < -0.3 is 24.5 Å². The van der Waals surface area contributed by atoms with E-state index in [4.69, 9.17) is 13.9 Å². The Kier molecular flexibility index (Phi) is 5.71. The molecule has 0 unspecified atom stereocenters. The summed E-state index contributed by atoms with van der Waals surface area (Å²) in [5.41, 5.74) is 0.821. The maximum absolute atomic E-state index is 11.7. The molecule has 118 valence electrons. The van der Waals surface area contributed by atoms with Crippen LogP contribution in [0.25, 0.3) is 0 Å². The molecule has 0 aliphatic carbocycles. The van der Waals surface area contributed by atoms with E-state index in [0.717, 1.165) is 17.2 Å². The largest absolute Gasteiger partial charge is 0.497 e. The second-order valence-corrected chi connectivity index (χ2v) is 4.60. The Morgan fingerprint density at radius 1 is 1.23 bits per heavy atom. The molecular formula is C16H20N2O4. The van der Waals surface area contributed by atoms with Crippen molar-refractivity contribution in [3.05, 3.63) is 42.4 Å². The van der Waals surface area contributed by atoms with Crippen LogP contribution >= 0.6 is 0 Å². The third-order valence-corrected chi connectivity index (χ3v) is 3.12. The van der Waals surface area contributed by atoms with Crippen molar-refractivity contribution >= 4 is 11.6 Å². The predicted molar refractivity (Wildman–Crippen MR) is 83.2 cm³/mol. The third-order valence-electron chi connectivity index (χ3n) is 3.12. The van der Waals surface area contributed by atoms with Crippen molar-refractivity contribution in [1.82, 2.24) is 5.32 Å². The van der Waals surface area contributed by atoms with Crippen molar-refractivity contribution in [2.45, 2.75) is 13.0 Å². The average molecular weight is 304 g/mol. The number of benzene rings is 1. The van der Waals surface area contributed by atoms with Gasteiger partial charge in [-0.25, -0.2) is 0 Å². The monoisotopic (exact) mass is 304 g/mol. The van der Waals surface area contributed by atoms with E-state index in [2.05, 4.69) is 10.6 Å². The number of carbonyl (C=O) groups is 1. The van der Waals surface area contributed by atoms with E-state index in [1.54, 1.807) is 32.6 Å². The van der Waals surface area contributed by atoms with E-state index in [-0.39, 0.29) is 5.91 Å². The van der Waals surface area contributed by atoms with Crippen LogP contribution in [-0.4, -0.2) is 26.7 Å². The van der Waals surface area contributed by atoms with Gasteiger partial charge in [0.05, 0.1) is 32.7 Å². The number of hydrogen-bond donors (Lipinski definition) is 2. The number of amides is 1. The molecule has 2 aromatic rings. The van der Waals surface area contributed by atoms with Gasteiger partial charge in [0.25, 0.3) is 0 Å². The zero-order valence-corrected chi connectivity index (χ0v) is 12.7. The first-order chi connectivity index (χ1) is 10.7. The Labute approximate surface area is 129 Å². The minimum absolute atomic E-state index is 0.0450. The molecule has 0 saturated heterocycles. The molecule has 22 heavy (non-hydrogen) atoms. The molecule has 0 fully saturated rings. The molecule has 1 amide bonds. The van der Waals surface area contributed by atoms with Crippen LogP contribution in [0, 0.1) is 0 Å². The quantitative estimate of drug-likeness (QED) is 0.783. The lowest BCUT2D eigenvalue weighted by Crippen LogP contribution is -2.24. The number of carbonyl (C=O) groups excluding carboxylic acids is 1. The standard InChI is InChI=1S/C16H20N2O4/c1-20-12-5-6-14(15(10-12)21-2)17-8-7-16(19)18-11-13-4-3-9-22-13/h3-6,9-10,17H,7-8,11H2,1-2H3,(H,18,19). The predicted octanol–water partition coefficient (Wildman–Crippen LogP) is 2.42. The summed E-state index contributed by atoms with van der Waals surface area (Å²) < 4.78 is 15.6. The summed E-state index contributed by atoms with van der Waals surface area (Å²) >= 11 is 0. The van der Waals surface area contributed by atoms with Gasteiger partial charge in [-0.15, -0.1) is 0 Å². The van der Waals surface area contributed by atoms with E-state index >= 15 is 0 Å². The van der Waals surface area contributed by atoms with Crippen molar-refractivity contribution in [2.75, 3.05) is 26.1 Å². The second-order valence-electron chi connectivity index (χ2n) is 4.60. The molecule has 0 aliphatic rings. The Hall–Kier alpha value is -2.63. The number of nitrogens with one attached hydrogen (secondary N) is 2. The highest BCUT2D eigenvalue weighted by molar-refractivity contribution is 5.76. The summed E-state index contributed by atoms with van der Waals surface area (Å²) in [7, 11) is 3.20. The average Bonchev–Trinajstić information content (AvgIpc) is 3.06. The Morgan fingerprint density at radius 3 is 2.77 bits per heavy atom. The molecule has 0 bridgehead atoms. The highest BCUT2D eigenvalue weighted by atomic mass is 16.5. The van der Waals surface area contributed by atoms with E-state index in [9.17, 15) is 4.79 Å². The number of methoxy groups -OCH3 is 2. The van der Waals surface area contributed by atoms with E-state index < -0.39 is 0 Å². The van der Waals surface area contributed by atoms with Gasteiger partial charge in [0.1, 0.15) is 17.3 Å². The summed E-state index contributed by atoms with van der Waals surface area (Å²) in [5, 5.41) is 5.97. The smallest absolute Gasteiger partial charge is 0.222 e. The van der Waals surface area contributed by atoms with Gasteiger partial charge in [0, 0.05) is 19.0 Å².